The Kier molecular flexibility index (Phi) is 5.84. The van der Waals surface area contributed by atoms with Gasteiger partial charge in [0.05, 0.1) is 9.77 Å². The van der Waals surface area contributed by atoms with E-state index in [1.807, 2.05) is 22.6 Å². The Bertz CT molecular complexity index is 775. The first-order valence-electron chi connectivity index (χ1n) is 7.51. The van der Waals surface area contributed by atoms with E-state index in [1.165, 1.54) is 12.4 Å². The van der Waals surface area contributed by atoms with Crippen LogP contribution in [0.25, 0.3) is 0 Å². The number of hydrogen-bond donors (Lipinski definition) is 3. The fourth-order valence-electron chi connectivity index (χ4n) is 2.93. The number of halogens is 1. The van der Waals surface area contributed by atoms with Crippen molar-refractivity contribution >= 4 is 51.7 Å². The molecule has 4 atom stereocenters. The second-order valence-electron chi connectivity index (χ2n) is 6.07. The molecule has 26 heavy (non-hydrogen) atoms. The Hall–Kier alpha value is -1.08. The molecule has 1 aliphatic rings. The summed E-state index contributed by atoms with van der Waals surface area (Å²) in [5, 5.41) is 32.9. The Balaban J connectivity index is 2.64. The van der Waals surface area contributed by atoms with Gasteiger partial charge in [0.1, 0.15) is 0 Å². The molecular weight excluding hydrogens is 477 g/mol. The van der Waals surface area contributed by atoms with Crippen molar-refractivity contribution in [1.82, 2.24) is 4.98 Å². The van der Waals surface area contributed by atoms with Gasteiger partial charge in [-0.05, 0) is 49.4 Å². The van der Waals surface area contributed by atoms with E-state index in [1.54, 1.807) is 6.07 Å². The number of rotatable bonds is 5. The average molecular weight is 495 g/mol. The zero-order valence-corrected chi connectivity index (χ0v) is 17.2. The van der Waals surface area contributed by atoms with Crippen LogP contribution in [0.15, 0.2) is 18.5 Å². The summed E-state index contributed by atoms with van der Waals surface area (Å²) in [6.45, 7) is 2.81. The predicted octanol–water partition coefficient (Wildman–Crippen LogP) is 0.0982. The SMILES string of the molecule is CC(=O)[C@]1(O)[C@@](O)(C(C)=O)CS[C@H](Oc2cnccc2I)[C@@]1(O)C(C)=O. The normalized spacial score (nSPS) is 34.2. The van der Waals surface area contributed by atoms with Crippen LogP contribution in [0.1, 0.15) is 20.8 Å². The highest BCUT2D eigenvalue weighted by molar-refractivity contribution is 14.1. The van der Waals surface area contributed by atoms with Gasteiger partial charge in [-0.2, -0.15) is 0 Å². The lowest BCUT2D eigenvalue weighted by molar-refractivity contribution is -0.236. The lowest BCUT2D eigenvalue weighted by Crippen LogP contribution is -2.82. The maximum atomic E-state index is 12.3. The minimum absolute atomic E-state index is 0.212. The van der Waals surface area contributed by atoms with Crippen molar-refractivity contribution in [3.8, 4) is 5.75 Å². The van der Waals surface area contributed by atoms with Crippen LogP contribution in [0, 0.1) is 3.57 Å². The summed E-state index contributed by atoms with van der Waals surface area (Å²) in [7, 11) is 0. The number of hydrogen-bond acceptors (Lipinski definition) is 9. The maximum absolute atomic E-state index is 12.3. The molecule has 1 fully saturated rings. The lowest BCUT2D eigenvalue weighted by Gasteiger charge is -2.54. The fourth-order valence-corrected chi connectivity index (χ4v) is 4.91. The molecule has 1 saturated heterocycles. The average Bonchev–Trinajstić information content (AvgIpc) is 2.56. The lowest BCUT2D eigenvalue weighted by atomic mass is 9.65. The summed E-state index contributed by atoms with van der Waals surface area (Å²) in [5.74, 6) is -3.33. The molecule has 0 unspecified atom stereocenters. The van der Waals surface area contributed by atoms with E-state index in [-0.39, 0.29) is 5.75 Å². The number of aliphatic hydroxyl groups is 3. The van der Waals surface area contributed by atoms with E-state index in [0.717, 1.165) is 32.5 Å². The number of ketones is 3. The van der Waals surface area contributed by atoms with Crippen molar-refractivity contribution in [2.24, 2.45) is 0 Å². The molecule has 0 bridgehead atoms. The van der Waals surface area contributed by atoms with Crippen LogP contribution in [-0.2, 0) is 14.4 Å². The Labute approximate surface area is 167 Å². The summed E-state index contributed by atoms with van der Waals surface area (Å²) in [5.41, 5.74) is -10.0. The van der Waals surface area contributed by atoms with Gasteiger partial charge in [0.2, 0.25) is 5.60 Å². The second-order valence-corrected chi connectivity index (χ2v) is 8.28. The van der Waals surface area contributed by atoms with Crippen molar-refractivity contribution < 1.29 is 34.4 Å². The molecule has 0 aliphatic carbocycles. The number of nitrogens with zero attached hydrogens (tertiary/aromatic N) is 1. The molecule has 1 aromatic rings. The molecule has 0 amide bonds. The zero-order valence-electron chi connectivity index (χ0n) is 14.2. The molecule has 0 radical (unpaired) electrons. The predicted molar refractivity (Wildman–Crippen MR) is 101 cm³/mol. The Morgan fingerprint density at radius 3 is 2.27 bits per heavy atom. The van der Waals surface area contributed by atoms with E-state index in [0.29, 0.717) is 3.57 Å². The summed E-state index contributed by atoms with van der Waals surface area (Å²) in [6.07, 6.45) is 2.86. The largest absolute Gasteiger partial charge is 0.473 e. The Morgan fingerprint density at radius 2 is 1.81 bits per heavy atom. The highest BCUT2D eigenvalue weighted by Crippen LogP contribution is 2.49. The molecule has 2 heterocycles. The van der Waals surface area contributed by atoms with Gasteiger partial charge in [0.15, 0.2) is 39.7 Å². The first kappa shape index (κ1) is 21.2. The van der Waals surface area contributed by atoms with Gasteiger partial charge in [-0.3, -0.25) is 19.4 Å². The minimum Gasteiger partial charge on any atom is -0.473 e. The van der Waals surface area contributed by atoms with E-state index in [4.69, 9.17) is 4.74 Å². The standard InChI is InChI=1S/C16H18INO7S/c1-8(19)14(22)7-26-13(25-12-6-18-5-4-11(12)17)15(23,9(2)20)16(14,24)10(3)21/h4-6,13,22-24H,7H2,1-3H3/t13-,14-,15-,16-/m0/s1. The molecule has 0 saturated carbocycles. The Morgan fingerprint density at radius 1 is 1.19 bits per heavy atom. The van der Waals surface area contributed by atoms with Crippen molar-refractivity contribution in [3.05, 3.63) is 22.0 Å². The highest BCUT2D eigenvalue weighted by atomic mass is 127. The van der Waals surface area contributed by atoms with Gasteiger partial charge in [0.25, 0.3) is 0 Å². The highest BCUT2D eigenvalue weighted by Gasteiger charge is 2.75. The third kappa shape index (κ3) is 2.87. The van der Waals surface area contributed by atoms with Crippen LogP contribution in [0.3, 0.4) is 0 Å². The van der Waals surface area contributed by atoms with Crippen LogP contribution in [0.4, 0.5) is 0 Å². The molecule has 3 N–H and O–H groups in total. The summed E-state index contributed by atoms with van der Waals surface area (Å²) in [4.78, 5) is 40.5. The number of thioether (sulfide) groups is 1. The van der Waals surface area contributed by atoms with Crippen molar-refractivity contribution in [2.45, 2.75) is 43.0 Å². The van der Waals surface area contributed by atoms with E-state index in [2.05, 4.69) is 4.98 Å². The molecule has 142 valence electrons. The first-order valence-corrected chi connectivity index (χ1v) is 9.63. The third-order valence-corrected chi connectivity index (χ3v) is 6.75. The van der Waals surface area contributed by atoms with E-state index in [9.17, 15) is 29.7 Å². The fraction of sp³-hybridized carbons (Fsp3) is 0.500. The second kappa shape index (κ2) is 7.15. The maximum Gasteiger partial charge on any atom is 0.208 e. The summed E-state index contributed by atoms with van der Waals surface area (Å²) in [6, 6.07) is 1.62. The molecule has 0 aromatic carbocycles. The summed E-state index contributed by atoms with van der Waals surface area (Å²) < 4.78 is 6.28. The number of aromatic nitrogens is 1. The molecule has 1 aromatic heterocycles. The monoisotopic (exact) mass is 495 g/mol. The first-order chi connectivity index (χ1) is 11.9. The molecule has 8 nitrogen and oxygen atoms in total. The molecule has 0 spiro atoms. The molecule has 1 aliphatic heterocycles. The molecule has 10 heteroatoms. The number of Topliss-reactive ketones (excluding diaryl/α,β-unsaturated/α-hetero) is 3. The van der Waals surface area contributed by atoms with E-state index >= 15 is 0 Å². The third-order valence-electron chi connectivity index (χ3n) is 4.53. The minimum atomic E-state index is -3.07. The van der Waals surface area contributed by atoms with Gasteiger partial charge < -0.3 is 20.1 Å². The van der Waals surface area contributed by atoms with E-state index < -0.39 is 45.3 Å². The summed E-state index contributed by atoms with van der Waals surface area (Å²) >= 11 is 2.70. The number of pyridine rings is 1. The number of carbonyl (C=O) groups excluding carboxylic acids is 3. The zero-order chi connectivity index (χ0) is 19.9. The van der Waals surface area contributed by atoms with Gasteiger partial charge in [-0.25, -0.2) is 0 Å². The van der Waals surface area contributed by atoms with Gasteiger partial charge >= 0.3 is 0 Å². The quantitative estimate of drug-likeness (QED) is 0.487. The topological polar surface area (TPSA) is 134 Å². The van der Waals surface area contributed by atoms with Crippen molar-refractivity contribution in [3.63, 3.8) is 0 Å². The van der Waals surface area contributed by atoms with Crippen LogP contribution in [0.5, 0.6) is 5.75 Å². The van der Waals surface area contributed by atoms with Crippen LogP contribution in [0.2, 0.25) is 0 Å². The van der Waals surface area contributed by atoms with Gasteiger partial charge in [0, 0.05) is 11.9 Å². The molecular formula is C16H18INO7S. The van der Waals surface area contributed by atoms with Crippen LogP contribution < -0.4 is 4.74 Å². The van der Waals surface area contributed by atoms with Crippen molar-refractivity contribution in [1.29, 1.82) is 0 Å². The number of ether oxygens (including phenoxy) is 1. The van der Waals surface area contributed by atoms with Crippen LogP contribution in [-0.4, -0.2) is 65.6 Å². The number of carbonyl (C=O) groups is 3. The van der Waals surface area contributed by atoms with Gasteiger partial charge in [-0.1, -0.05) is 0 Å². The smallest absolute Gasteiger partial charge is 0.208 e. The molecule has 2 rings (SSSR count). The van der Waals surface area contributed by atoms with Gasteiger partial charge in [-0.15, -0.1) is 11.8 Å². The van der Waals surface area contributed by atoms with Crippen LogP contribution >= 0.6 is 34.4 Å². The van der Waals surface area contributed by atoms with Crippen molar-refractivity contribution in [2.75, 3.05) is 5.75 Å².